The van der Waals surface area contributed by atoms with Gasteiger partial charge in [-0.1, -0.05) is 0 Å². The summed E-state index contributed by atoms with van der Waals surface area (Å²) in [5, 5.41) is 4.01. The van der Waals surface area contributed by atoms with Crippen molar-refractivity contribution in [1.29, 1.82) is 0 Å². The molecule has 0 aliphatic rings. The van der Waals surface area contributed by atoms with E-state index in [0.717, 1.165) is 16.6 Å². The number of nitrogens with one attached hydrogen (secondary N) is 2. The molecule has 0 saturated carbocycles. The molecule has 2 aromatic rings. The molecule has 5 nitrogen and oxygen atoms in total. The third-order valence-corrected chi connectivity index (χ3v) is 2.56. The van der Waals surface area contributed by atoms with Crippen LogP contribution in [0.4, 0.5) is 0 Å². The Balaban J connectivity index is 2.09. The highest BCUT2D eigenvalue weighted by Crippen LogP contribution is 2.15. The van der Waals surface area contributed by atoms with Gasteiger partial charge in [-0.05, 0) is 24.9 Å². The molecule has 0 spiro atoms. The van der Waals surface area contributed by atoms with E-state index < -0.39 is 0 Å². The Bertz CT molecular complexity index is 594. The van der Waals surface area contributed by atoms with E-state index >= 15 is 0 Å². The third kappa shape index (κ3) is 2.63. The minimum Gasteiger partial charge on any atom is -0.373 e. The number of H-pyrrole nitrogens is 1. The van der Waals surface area contributed by atoms with Gasteiger partial charge < -0.3 is 10.3 Å². The van der Waals surface area contributed by atoms with Gasteiger partial charge in [0.2, 0.25) is 0 Å². The highest BCUT2D eigenvalue weighted by molar-refractivity contribution is 5.80. The van der Waals surface area contributed by atoms with Crippen molar-refractivity contribution in [2.75, 3.05) is 7.05 Å². The van der Waals surface area contributed by atoms with E-state index in [9.17, 15) is 0 Å². The Morgan fingerprint density at radius 3 is 3.28 bits per heavy atom. The molecule has 18 heavy (non-hydrogen) atoms. The van der Waals surface area contributed by atoms with E-state index in [2.05, 4.69) is 32.0 Å². The minimum absolute atomic E-state index is 0.607. The zero-order valence-electron chi connectivity index (χ0n) is 10.2. The molecule has 0 unspecified atom stereocenters. The average Bonchev–Trinajstić information content (AvgIpc) is 2.82. The molecule has 0 saturated heterocycles. The Morgan fingerprint density at radius 2 is 2.50 bits per heavy atom. The fraction of sp³-hybridized carbons (Fsp3) is 0.154. The molecule has 0 aliphatic carbocycles. The number of fused-ring (bicyclic) bond motifs is 1. The Labute approximate surface area is 105 Å². The van der Waals surface area contributed by atoms with Crippen molar-refractivity contribution in [2.45, 2.75) is 6.54 Å². The molecule has 0 aromatic carbocycles. The van der Waals surface area contributed by atoms with Crippen LogP contribution in [0.3, 0.4) is 0 Å². The summed E-state index contributed by atoms with van der Waals surface area (Å²) < 4.78 is 0. The van der Waals surface area contributed by atoms with Gasteiger partial charge in [0.1, 0.15) is 11.5 Å². The van der Waals surface area contributed by atoms with Crippen LogP contribution in [0.5, 0.6) is 0 Å². The van der Waals surface area contributed by atoms with Gasteiger partial charge in [0.15, 0.2) is 0 Å². The molecule has 0 atom stereocenters. The zero-order chi connectivity index (χ0) is 12.8. The number of pyridine rings is 1. The zero-order valence-corrected chi connectivity index (χ0v) is 10.2. The second kappa shape index (κ2) is 5.77. The maximum atomic E-state index is 4.32. The summed E-state index contributed by atoms with van der Waals surface area (Å²) in [4.78, 5) is 15.5. The SMILES string of the molecule is C=N/C(=C\C=N/Cc1c[nH]c2ncccc12)NC. The van der Waals surface area contributed by atoms with E-state index in [1.54, 1.807) is 25.5 Å². The van der Waals surface area contributed by atoms with Crippen LogP contribution < -0.4 is 5.32 Å². The monoisotopic (exact) mass is 241 g/mol. The first-order chi connectivity index (χ1) is 8.85. The molecule has 2 aromatic heterocycles. The molecule has 0 amide bonds. The van der Waals surface area contributed by atoms with Crippen LogP contribution in [-0.2, 0) is 6.54 Å². The summed E-state index contributed by atoms with van der Waals surface area (Å²) in [5.74, 6) is 0.694. The highest BCUT2D eigenvalue weighted by atomic mass is 15.0. The molecule has 2 N–H and O–H groups in total. The normalized spacial score (nSPS) is 12.2. The molecule has 0 radical (unpaired) electrons. The molecule has 0 fully saturated rings. The van der Waals surface area contributed by atoms with Crippen LogP contribution in [0.15, 0.2) is 46.4 Å². The number of nitrogens with zero attached hydrogens (tertiary/aromatic N) is 3. The Kier molecular flexibility index (Phi) is 3.86. The minimum atomic E-state index is 0.607. The van der Waals surface area contributed by atoms with Crippen molar-refractivity contribution in [3.05, 3.63) is 42.0 Å². The Hall–Kier alpha value is -2.43. The van der Waals surface area contributed by atoms with Crippen LogP contribution in [0, 0.1) is 0 Å². The van der Waals surface area contributed by atoms with Crippen molar-refractivity contribution in [3.8, 4) is 0 Å². The number of allylic oxidation sites excluding steroid dienone is 1. The lowest BCUT2D eigenvalue weighted by atomic mass is 10.2. The summed E-state index contributed by atoms with van der Waals surface area (Å²) in [6.07, 6.45) is 7.20. The van der Waals surface area contributed by atoms with Gasteiger partial charge in [-0.15, -0.1) is 0 Å². The van der Waals surface area contributed by atoms with Crippen LogP contribution in [0.25, 0.3) is 11.0 Å². The number of hydrogen-bond donors (Lipinski definition) is 2. The van der Waals surface area contributed by atoms with E-state index in [4.69, 9.17) is 0 Å². The maximum absolute atomic E-state index is 4.32. The summed E-state index contributed by atoms with van der Waals surface area (Å²) in [5.41, 5.74) is 2.02. The summed E-state index contributed by atoms with van der Waals surface area (Å²) in [7, 11) is 1.79. The van der Waals surface area contributed by atoms with E-state index in [1.165, 1.54) is 0 Å². The lowest BCUT2D eigenvalue weighted by Gasteiger charge is -1.95. The summed E-state index contributed by atoms with van der Waals surface area (Å²) >= 11 is 0. The van der Waals surface area contributed by atoms with Crippen LogP contribution >= 0.6 is 0 Å². The number of hydrogen-bond acceptors (Lipinski definition) is 4. The molecule has 2 rings (SSSR count). The van der Waals surface area contributed by atoms with E-state index in [1.807, 2.05) is 18.3 Å². The first-order valence-electron chi connectivity index (χ1n) is 5.60. The number of rotatable bonds is 5. The molecule has 2 heterocycles. The molecule has 0 aliphatic heterocycles. The Morgan fingerprint density at radius 1 is 1.61 bits per heavy atom. The number of aromatic nitrogens is 2. The lowest BCUT2D eigenvalue weighted by molar-refractivity contribution is 0.973. The second-order valence-electron chi connectivity index (χ2n) is 3.66. The average molecular weight is 241 g/mol. The number of aromatic amines is 1. The molecule has 92 valence electrons. The van der Waals surface area contributed by atoms with E-state index in [-0.39, 0.29) is 0 Å². The third-order valence-electron chi connectivity index (χ3n) is 2.56. The van der Waals surface area contributed by atoms with Crippen LogP contribution in [0.2, 0.25) is 0 Å². The predicted octanol–water partition coefficient (Wildman–Crippen LogP) is 1.90. The maximum Gasteiger partial charge on any atom is 0.137 e. The van der Waals surface area contributed by atoms with Crippen molar-refractivity contribution >= 4 is 24.0 Å². The second-order valence-corrected chi connectivity index (χ2v) is 3.66. The fourth-order valence-electron chi connectivity index (χ4n) is 1.63. The van der Waals surface area contributed by atoms with Gasteiger partial charge in [0.25, 0.3) is 0 Å². The quantitative estimate of drug-likeness (QED) is 0.785. The van der Waals surface area contributed by atoms with Crippen LogP contribution in [0.1, 0.15) is 5.56 Å². The molecular formula is C13H15N5. The predicted molar refractivity (Wildman–Crippen MR) is 75.0 cm³/mol. The summed E-state index contributed by atoms with van der Waals surface area (Å²) in [6, 6.07) is 3.95. The smallest absolute Gasteiger partial charge is 0.137 e. The first kappa shape index (κ1) is 12.0. The van der Waals surface area contributed by atoms with Crippen molar-refractivity contribution < 1.29 is 0 Å². The van der Waals surface area contributed by atoms with Gasteiger partial charge in [0, 0.05) is 36.6 Å². The topological polar surface area (TPSA) is 65.4 Å². The highest BCUT2D eigenvalue weighted by Gasteiger charge is 2.01. The number of aliphatic imine (C=N–C) groups is 2. The van der Waals surface area contributed by atoms with Crippen LogP contribution in [-0.4, -0.2) is 29.9 Å². The van der Waals surface area contributed by atoms with Gasteiger partial charge in [-0.3, -0.25) is 4.99 Å². The van der Waals surface area contributed by atoms with Crippen molar-refractivity contribution in [2.24, 2.45) is 9.98 Å². The lowest BCUT2D eigenvalue weighted by Crippen LogP contribution is -2.02. The van der Waals surface area contributed by atoms with Gasteiger partial charge in [-0.25, -0.2) is 9.98 Å². The fourth-order valence-corrected chi connectivity index (χ4v) is 1.63. The first-order valence-corrected chi connectivity index (χ1v) is 5.60. The standard InChI is InChI=1S/C13H15N5/c1-14-12(15-2)5-7-16-8-10-9-18-13-11(10)4-3-6-17-13/h3-7,9,15H,1,8H2,2H3,(H,17,18)/b12-5+,16-7-. The molecule has 5 heteroatoms. The van der Waals surface area contributed by atoms with Gasteiger partial charge >= 0.3 is 0 Å². The molecular weight excluding hydrogens is 226 g/mol. The van der Waals surface area contributed by atoms with E-state index in [0.29, 0.717) is 12.4 Å². The van der Waals surface area contributed by atoms with Crippen molar-refractivity contribution in [1.82, 2.24) is 15.3 Å². The molecule has 0 bridgehead atoms. The van der Waals surface area contributed by atoms with Gasteiger partial charge in [0.05, 0.1) is 6.54 Å². The van der Waals surface area contributed by atoms with Crippen molar-refractivity contribution in [3.63, 3.8) is 0 Å². The largest absolute Gasteiger partial charge is 0.373 e. The van der Waals surface area contributed by atoms with Gasteiger partial charge in [-0.2, -0.15) is 0 Å². The summed E-state index contributed by atoms with van der Waals surface area (Å²) in [6.45, 7) is 4.05.